The fourth-order valence-corrected chi connectivity index (χ4v) is 3.27. The molecule has 1 aliphatic rings. The van der Waals surface area contributed by atoms with Gasteiger partial charge in [0.1, 0.15) is 11.9 Å². The van der Waals surface area contributed by atoms with Gasteiger partial charge in [-0.3, -0.25) is 14.4 Å². The van der Waals surface area contributed by atoms with Crippen LogP contribution >= 0.6 is 0 Å². The average Bonchev–Trinajstić information content (AvgIpc) is 2.75. The van der Waals surface area contributed by atoms with Crippen LogP contribution in [0.5, 0.6) is 0 Å². The second-order valence-corrected chi connectivity index (χ2v) is 6.54. The van der Waals surface area contributed by atoms with E-state index in [9.17, 15) is 33.4 Å². The molecule has 0 heterocycles. The minimum absolute atomic E-state index is 0.0288. The van der Waals surface area contributed by atoms with Crippen molar-refractivity contribution < 1.29 is 43.6 Å². The number of halogens is 2. The van der Waals surface area contributed by atoms with Crippen LogP contribution in [0.15, 0.2) is 0 Å². The lowest BCUT2D eigenvalue weighted by atomic mass is 9.85. The van der Waals surface area contributed by atoms with E-state index in [1.807, 2.05) is 0 Å². The molecule has 0 unspecified atom stereocenters. The zero-order valence-electron chi connectivity index (χ0n) is 13.7. The lowest BCUT2D eigenvalue weighted by Crippen LogP contribution is -2.35. The number of carboxylic acids is 2. The molecule has 0 amide bonds. The summed E-state index contributed by atoms with van der Waals surface area (Å²) in [5, 5.41) is 36.8. The lowest BCUT2D eigenvalue weighted by Gasteiger charge is -2.26. The standard InChI is InChI=1S/C16H24F2O7/c17-16(18,7-1-2-14(22)23)13(21)5-3-9-10(4-6-15(24)25)12(20)8-11(9)19/h9-11,13,19,21H,1-8H2,(H,22,23)(H,24,25)/t9-,10-,11-,13-/m1/s1. The summed E-state index contributed by atoms with van der Waals surface area (Å²) in [6.07, 6.45) is -5.26. The molecule has 7 nitrogen and oxygen atoms in total. The molecule has 25 heavy (non-hydrogen) atoms. The van der Waals surface area contributed by atoms with Gasteiger partial charge < -0.3 is 20.4 Å². The number of carbonyl (C=O) groups excluding carboxylic acids is 1. The molecule has 4 atom stereocenters. The maximum atomic E-state index is 13.8. The highest BCUT2D eigenvalue weighted by Crippen LogP contribution is 2.37. The van der Waals surface area contributed by atoms with E-state index in [-0.39, 0.29) is 44.3 Å². The molecule has 1 rings (SSSR count). The van der Waals surface area contributed by atoms with E-state index in [0.717, 1.165) is 0 Å². The third-order valence-electron chi connectivity index (χ3n) is 4.67. The SMILES string of the molecule is O=C(O)CCCC(F)(F)[C@H](O)CC[C@H]1[C@H](O)CC(=O)[C@@H]1CCC(=O)O. The third kappa shape index (κ3) is 6.66. The van der Waals surface area contributed by atoms with Crippen molar-refractivity contribution in [3.05, 3.63) is 0 Å². The Balaban J connectivity index is 2.56. The van der Waals surface area contributed by atoms with Crippen molar-refractivity contribution in [2.45, 2.75) is 69.5 Å². The maximum Gasteiger partial charge on any atom is 0.303 e. The Morgan fingerprint density at radius 1 is 1.16 bits per heavy atom. The van der Waals surface area contributed by atoms with Crippen LogP contribution < -0.4 is 0 Å². The minimum Gasteiger partial charge on any atom is -0.481 e. The summed E-state index contributed by atoms with van der Waals surface area (Å²) in [6, 6.07) is 0. The third-order valence-corrected chi connectivity index (χ3v) is 4.67. The molecule has 0 aromatic rings. The number of alkyl halides is 2. The molecular weight excluding hydrogens is 342 g/mol. The summed E-state index contributed by atoms with van der Waals surface area (Å²) >= 11 is 0. The van der Waals surface area contributed by atoms with Crippen LogP contribution in [-0.4, -0.2) is 56.3 Å². The number of Topliss-reactive ketones (excluding diaryl/α,β-unsaturated/α-hetero) is 1. The molecule has 0 spiro atoms. The van der Waals surface area contributed by atoms with Crippen LogP contribution in [0.3, 0.4) is 0 Å². The van der Waals surface area contributed by atoms with E-state index in [0.29, 0.717) is 0 Å². The van der Waals surface area contributed by atoms with Crippen molar-refractivity contribution in [3.63, 3.8) is 0 Å². The van der Waals surface area contributed by atoms with Crippen LogP contribution in [0.2, 0.25) is 0 Å². The van der Waals surface area contributed by atoms with Gasteiger partial charge in [-0.15, -0.1) is 0 Å². The maximum absolute atomic E-state index is 13.8. The number of ketones is 1. The van der Waals surface area contributed by atoms with E-state index < -0.39 is 54.7 Å². The molecule has 1 saturated carbocycles. The molecule has 0 aromatic heterocycles. The van der Waals surface area contributed by atoms with Crippen molar-refractivity contribution in [3.8, 4) is 0 Å². The van der Waals surface area contributed by atoms with E-state index in [4.69, 9.17) is 10.2 Å². The van der Waals surface area contributed by atoms with Crippen LogP contribution in [-0.2, 0) is 14.4 Å². The number of hydrogen-bond acceptors (Lipinski definition) is 5. The minimum atomic E-state index is -3.46. The van der Waals surface area contributed by atoms with Crippen molar-refractivity contribution >= 4 is 17.7 Å². The van der Waals surface area contributed by atoms with Crippen LogP contribution in [0.4, 0.5) is 8.78 Å². The van der Waals surface area contributed by atoms with E-state index in [2.05, 4.69) is 0 Å². The molecule has 1 aliphatic carbocycles. The second kappa shape index (κ2) is 9.19. The number of hydrogen-bond donors (Lipinski definition) is 4. The molecule has 4 N–H and O–H groups in total. The number of rotatable bonds is 11. The Morgan fingerprint density at radius 3 is 2.32 bits per heavy atom. The molecule has 9 heteroatoms. The first-order valence-corrected chi connectivity index (χ1v) is 8.25. The van der Waals surface area contributed by atoms with Crippen LogP contribution in [0.25, 0.3) is 0 Å². The second-order valence-electron chi connectivity index (χ2n) is 6.54. The zero-order valence-corrected chi connectivity index (χ0v) is 13.7. The first-order chi connectivity index (χ1) is 11.5. The lowest BCUT2D eigenvalue weighted by molar-refractivity contribution is -0.139. The van der Waals surface area contributed by atoms with Crippen LogP contribution in [0.1, 0.15) is 51.4 Å². The quantitative estimate of drug-likeness (QED) is 0.435. The van der Waals surface area contributed by atoms with Crippen molar-refractivity contribution in [2.75, 3.05) is 0 Å². The Bertz CT molecular complexity index is 495. The topological polar surface area (TPSA) is 132 Å². The smallest absolute Gasteiger partial charge is 0.303 e. The van der Waals surface area contributed by atoms with Crippen molar-refractivity contribution in [1.29, 1.82) is 0 Å². The molecule has 0 saturated heterocycles. The van der Waals surface area contributed by atoms with Gasteiger partial charge in [-0.05, 0) is 31.6 Å². The highest BCUT2D eigenvalue weighted by molar-refractivity contribution is 5.84. The van der Waals surface area contributed by atoms with E-state index in [1.54, 1.807) is 0 Å². The number of aliphatic hydroxyl groups is 2. The highest BCUT2D eigenvalue weighted by Gasteiger charge is 2.43. The van der Waals surface area contributed by atoms with Gasteiger partial charge in [0.25, 0.3) is 5.92 Å². The summed E-state index contributed by atoms with van der Waals surface area (Å²) in [5.74, 6) is -7.40. The van der Waals surface area contributed by atoms with Gasteiger partial charge in [-0.2, -0.15) is 0 Å². The molecular formula is C16H24F2O7. The van der Waals surface area contributed by atoms with Crippen LogP contribution in [0, 0.1) is 11.8 Å². The van der Waals surface area contributed by atoms with Gasteiger partial charge in [0, 0.05) is 31.6 Å². The fourth-order valence-electron chi connectivity index (χ4n) is 3.27. The fraction of sp³-hybridized carbons (Fsp3) is 0.812. The number of aliphatic hydroxyl groups excluding tert-OH is 2. The summed E-state index contributed by atoms with van der Waals surface area (Å²) in [5.41, 5.74) is 0. The molecule has 1 fully saturated rings. The molecule has 0 aromatic carbocycles. The Morgan fingerprint density at radius 2 is 1.76 bits per heavy atom. The first kappa shape index (κ1) is 21.4. The van der Waals surface area contributed by atoms with Gasteiger partial charge in [0.05, 0.1) is 6.10 Å². The average molecular weight is 366 g/mol. The Kier molecular flexibility index (Phi) is 7.88. The summed E-state index contributed by atoms with van der Waals surface area (Å²) in [6.45, 7) is 0. The largest absolute Gasteiger partial charge is 0.481 e. The number of carbonyl (C=O) groups is 3. The molecule has 0 aliphatic heterocycles. The zero-order chi connectivity index (χ0) is 19.2. The summed E-state index contributed by atoms with van der Waals surface area (Å²) in [7, 11) is 0. The van der Waals surface area contributed by atoms with Gasteiger partial charge in [0.2, 0.25) is 0 Å². The van der Waals surface area contributed by atoms with E-state index in [1.165, 1.54) is 0 Å². The molecule has 0 bridgehead atoms. The Labute approximate surface area is 143 Å². The summed E-state index contributed by atoms with van der Waals surface area (Å²) in [4.78, 5) is 32.8. The van der Waals surface area contributed by atoms with Gasteiger partial charge in [-0.1, -0.05) is 0 Å². The summed E-state index contributed by atoms with van der Waals surface area (Å²) < 4.78 is 27.6. The monoisotopic (exact) mass is 366 g/mol. The van der Waals surface area contributed by atoms with Gasteiger partial charge >= 0.3 is 11.9 Å². The van der Waals surface area contributed by atoms with Gasteiger partial charge in [0.15, 0.2) is 0 Å². The van der Waals surface area contributed by atoms with E-state index >= 15 is 0 Å². The molecule has 144 valence electrons. The number of carboxylic acid groups (broad SMARTS) is 2. The molecule has 0 radical (unpaired) electrons. The predicted molar refractivity (Wildman–Crippen MR) is 81.2 cm³/mol. The highest BCUT2D eigenvalue weighted by atomic mass is 19.3. The predicted octanol–water partition coefficient (Wildman–Crippen LogP) is 1.45. The normalized spacial score (nSPS) is 25.1. The number of aliphatic carboxylic acids is 2. The Hall–Kier alpha value is -1.61. The van der Waals surface area contributed by atoms with Crippen molar-refractivity contribution in [1.82, 2.24) is 0 Å². The first-order valence-electron chi connectivity index (χ1n) is 8.25. The van der Waals surface area contributed by atoms with Gasteiger partial charge in [-0.25, -0.2) is 8.78 Å². The van der Waals surface area contributed by atoms with Crippen molar-refractivity contribution in [2.24, 2.45) is 11.8 Å².